The fourth-order valence-corrected chi connectivity index (χ4v) is 5.35. The summed E-state index contributed by atoms with van der Waals surface area (Å²) in [6, 6.07) is 19.5. The topological polar surface area (TPSA) is 71.1 Å². The quantitative estimate of drug-likeness (QED) is 0.412. The molecule has 0 saturated carbocycles. The highest BCUT2D eigenvalue weighted by Gasteiger charge is 2.17. The van der Waals surface area contributed by atoms with Crippen LogP contribution >= 0.6 is 0 Å². The molecule has 7 nitrogen and oxygen atoms in total. The second-order valence-corrected chi connectivity index (χ2v) is 11.3. The molecule has 6 bridgehead atoms. The summed E-state index contributed by atoms with van der Waals surface area (Å²) in [5, 5.41) is 3.58. The number of hydrogen-bond donors (Lipinski definition) is 1. The van der Waals surface area contributed by atoms with E-state index in [1.54, 1.807) is 0 Å². The Balaban J connectivity index is 1.78. The predicted molar refractivity (Wildman–Crippen MR) is 157 cm³/mol. The molecular weight excluding hydrogens is 502 g/mol. The highest BCUT2D eigenvalue weighted by atomic mass is 16.5. The Morgan fingerprint density at radius 3 is 1.38 bits per heavy atom. The first-order valence-electron chi connectivity index (χ1n) is 14.0. The van der Waals surface area contributed by atoms with Crippen LogP contribution in [0.15, 0.2) is 54.6 Å². The Morgan fingerprint density at radius 2 is 0.950 bits per heavy atom. The van der Waals surface area contributed by atoms with Gasteiger partial charge in [0, 0.05) is 51.4 Å². The average molecular weight is 544 g/mol. The van der Waals surface area contributed by atoms with Crippen LogP contribution in [0.4, 0.5) is 0 Å². The number of rotatable bonds is 6. The summed E-state index contributed by atoms with van der Waals surface area (Å²) in [5.41, 5.74) is 8.03. The van der Waals surface area contributed by atoms with E-state index in [0.717, 1.165) is 41.9 Å². The van der Waals surface area contributed by atoms with Gasteiger partial charge in [0.2, 0.25) is 0 Å². The van der Waals surface area contributed by atoms with Gasteiger partial charge in [-0.2, -0.15) is 0 Å². The molecule has 212 valence electrons. The molecule has 0 fully saturated rings. The van der Waals surface area contributed by atoms with Gasteiger partial charge in [-0.15, -0.1) is 0 Å². The molecule has 0 radical (unpaired) electrons. The molecule has 0 saturated heterocycles. The van der Waals surface area contributed by atoms with E-state index in [2.05, 4.69) is 80.1 Å². The van der Waals surface area contributed by atoms with Gasteiger partial charge < -0.3 is 14.8 Å². The van der Waals surface area contributed by atoms with Gasteiger partial charge in [0.1, 0.15) is 11.5 Å². The Bertz CT molecular complexity index is 1320. The Labute approximate surface area is 238 Å². The average Bonchev–Trinajstić information content (AvgIpc) is 2.87. The Kier molecular flexibility index (Phi) is 10.1. The van der Waals surface area contributed by atoms with E-state index in [1.165, 1.54) is 16.7 Å². The predicted octanol–water partition coefficient (Wildman–Crippen LogP) is 5.49. The van der Waals surface area contributed by atoms with E-state index in [4.69, 9.17) is 9.47 Å². The highest BCUT2D eigenvalue weighted by molar-refractivity contribution is 5.48. The van der Waals surface area contributed by atoms with E-state index in [1.807, 2.05) is 24.3 Å². The van der Waals surface area contributed by atoms with Crippen LogP contribution in [0.1, 0.15) is 66.6 Å². The molecule has 0 amide bonds. The van der Waals surface area contributed by atoms with Crippen molar-refractivity contribution in [3.05, 3.63) is 93.5 Å². The van der Waals surface area contributed by atoms with Crippen LogP contribution in [0.5, 0.6) is 11.5 Å². The lowest BCUT2D eigenvalue weighted by Gasteiger charge is -2.29. The van der Waals surface area contributed by atoms with Crippen molar-refractivity contribution in [2.24, 2.45) is 0 Å². The maximum Gasteiger partial charge on any atom is 0.298 e. The van der Waals surface area contributed by atoms with Gasteiger partial charge >= 0.3 is 0 Å². The number of nitrogens with zero attached hydrogens (tertiary/aromatic N) is 2. The maximum atomic E-state index is 11.3. The number of benzene rings is 3. The largest absolute Gasteiger partial charge is 0.429 e. The molecule has 1 heterocycles. The molecule has 1 N–H and O–H groups in total. The van der Waals surface area contributed by atoms with Crippen molar-refractivity contribution >= 4 is 12.9 Å². The van der Waals surface area contributed by atoms with Gasteiger partial charge in [-0.3, -0.25) is 19.4 Å². The van der Waals surface area contributed by atoms with E-state index in [9.17, 15) is 9.59 Å². The first kappa shape index (κ1) is 29.5. The second-order valence-electron chi connectivity index (χ2n) is 11.3. The number of hydrogen-bond acceptors (Lipinski definition) is 7. The summed E-state index contributed by atoms with van der Waals surface area (Å²) < 4.78 is 10.6. The fourth-order valence-electron chi connectivity index (χ4n) is 5.35. The van der Waals surface area contributed by atoms with Crippen molar-refractivity contribution in [2.45, 2.75) is 86.0 Å². The van der Waals surface area contributed by atoms with Crippen molar-refractivity contribution in [2.75, 3.05) is 0 Å². The first-order valence-corrected chi connectivity index (χ1v) is 14.0. The monoisotopic (exact) mass is 543 g/mol. The molecule has 3 aromatic rings. The summed E-state index contributed by atoms with van der Waals surface area (Å²) in [6.45, 7) is 16.2. The lowest BCUT2D eigenvalue weighted by Crippen LogP contribution is -2.31. The number of carbonyl (C=O) groups excluding carboxylic acids is 2. The summed E-state index contributed by atoms with van der Waals surface area (Å²) in [6.07, 6.45) is 0. The molecule has 0 atom stereocenters. The molecule has 0 spiro atoms. The Morgan fingerprint density at radius 1 is 0.600 bits per heavy atom. The third-order valence-corrected chi connectivity index (χ3v) is 7.28. The minimum atomic E-state index is 0.252. The van der Waals surface area contributed by atoms with Crippen LogP contribution in [-0.2, 0) is 48.9 Å². The lowest BCUT2D eigenvalue weighted by atomic mass is 10.0. The van der Waals surface area contributed by atoms with Gasteiger partial charge in [-0.1, -0.05) is 35.9 Å². The molecule has 0 aliphatic carbocycles. The normalized spacial score (nSPS) is 15.4. The molecule has 0 unspecified atom stereocenters. The Hall–Kier alpha value is -3.52. The van der Waals surface area contributed by atoms with Crippen molar-refractivity contribution in [1.29, 1.82) is 0 Å². The smallest absolute Gasteiger partial charge is 0.298 e. The molecule has 7 heteroatoms. The third-order valence-electron chi connectivity index (χ3n) is 7.28. The first-order chi connectivity index (χ1) is 19.2. The van der Waals surface area contributed by atoms with Gasteiger partial charge in [0.25, 0.3) is 12.9 Å². The lowest BCUT2D eigenvalue weighted by molar-refractivity contribution is -0.121. The maximum absolute atomic E-state index is 11.3. The second kappa shape index (κ2) is 13.7. The van der Waals surface area contributed by atoms with Gasteiger partial charge in [0.05, 0.1) is 0 Å². The molecule has 1 aliphatic heterocycles. The van der Waals surface area contributed by atoms with Gasteiger partial charge in [0.15, 0.2) is 0 Å². The van der Waals surface area contributed by atoms with Crippen LogP contribution in [-0.4, -0.2) is 34.8 Å². The van der Waals surface area contributed by atoms with Crippen LogP contribution in [0.3, 0.4) is 0 Å². The standard InChI is InChI=1S/C33H41N3O4/c1-23(2)35-17-28-7-25(5)6-26(8-28)15-34-16-27-9-29(12-32(11-27)39-21-37)18-36(24(3)4)20-31-10-30(19-35)13-33(14-31)40-22-38/h6-14,21-24,34H,15-20H2,1-5H3. The van der Waals surface area contributed by atoms with E-state index in [-0.39, 0.29) is 6.04 Å². The van der Waals surface area contributed by atoms with E-state index in [0.29, 0.717) is 50.1 Å². The van der Waals surface area contributed by atoms with Gasteiger partial charge in [-0.25, -0.2) is 0 Å². The number of nitrogens with one attached hydrogen (secondary N) is 1. The van der Waals surface area contributed by atoms with E-state index < -0.39 is 0 Å². The molecule has 40 heavy (non-hydrogen) atoms. The van der Waals surface area contributed by atoms with Crippen molar-refractivity contribution in [1.82, 2.24) is 15.1 Å². The summed E-state index contributed by atoms with van der Waals surface area (Å²) in [5.74, 6) is 1.09. The van der Waals surface area contributed by atoms with Crippen LogP contribution in [0.25, 0.3) is 0 Å². The zero-order valence-corrected chi connectivity index (χ0v) is 24.3. The number of aryl methyl sites for hydroxylation is 1. The minimum Gasteiger partial charge on any atom is -0.429 e. The third kappa shape index (κ3) is 8.24. The molecule has 4 rings (SSSR count). The highest BCUT2D eigenvalue weighted by Crippen LogP contribution is 2.25. The number of ether oxygens (including phenoxy) is 2. The van der Waals surface area contributed by atoms with Crippen LogP contribution in [0.2, 0.25) is 0 Å². The molecule has 1 aliphatic rings. The van der Waals surface area contributed by atoms with Gasteiger partial charge in [-0.05, 0) is 92.3 Å². The zero-order valence-electron chi connectivity index (χ0n) is 24.3. The van der Waals surface area contributed by atoms with Crippen LogP contribution in [0, 0.1) is 6.92 Å². The van der Waals surface area contributed by atoms with E-state index >= 15 is 0 Å². The summed E-state index contributed by atoms with van der Waals surface area (Å²) in [4.78, 5) is 27.2. The zero-order chi connectivity index (χ0) is 28.6. The molecule has 0 aromatic heterocycles. The number of carbonyl (C=O) groups is 2. The molecule has 3 aromatic carbocycles. The SMILES string of the molecule is Cc1cc2cc(c1)CN(C(C)C)Cc1cc(cc(OC=O)c1)CN(C(C)C)Cc1cc(cc(OC=O)c1)CNC2. The summed E-state index contributed by atoms with van der Waals surface area (Å²) in [7, 11) is 0. The number of fused-ring (bicyclic) bond motifs is 6. The fraction of sp³-hybridized carbons (Fsp3) is 0.394. The summed E-state index contributed by atoms with van der Waals surface area (Å²) >= 11 is 0. The minimum absolute atomic E-state index is 0.252. The van der Waals surface area contributed by atoms with Crippen molar-refractivity contribution in [3.8, 4) is 11.5 Å². The molecular formula is C33H41N3O4. The van der Waals surface area contributed by atoms with Crippen molar-refractivity contribution < 1.29 is 19.1 Å². The van der Waals surface area contributed by atoms with Crippen molar-refractivity contribution in [3.63, 3.8) is 0 Å². The van der Waals surface area contributed by atoms with Crippen LogP contribution < -0.4 is 14.8 Å².